The van der Waals surface area contributed by atoms with Crippen molar-refractivity contribution in [1.82, 2.24) is 0 Å². The highest BCUT2D eigenvalue weighted by molar-refractivity contribution is 5.21. The second kappa shape index (κ2) is 6.43. The minimum atomic E-state index is -0.839. The molecule has 0 saturated carbocycles. The van der Waals surface area contributed by atoms with Crippen LogP contribution < -0.4 is 0 Å². The largest absolute Gasteiger partial charge is 0.396 e. The summed E-state index contributed by atoms with van der Waals surface area (Å²) in [6.07, 6.45) is 0.974. The molecule has 100 valence electrons. The average Bonchev–Trinajstić information content (AvgIpc) is 2.44. The van der Waals surface area contributed by atoms with E-state index in [-0.39, 0.29) is 12.5 Å². The van der Waals surface area contributed by atoms with Crippen molar-refractivity contribution < 1.29 is 13.9 Å². The van der Waals surface area contributed by atoms with Crippen molar-refractivity contribution in [2.75, 3.05) is 6.61 Å². The van der Waals surface area contributed by atoms with Gasteiger partial charge in [-0.25, -0.2) is 8.78 Å². The number of aliphatic hydroxyl groups excluding tert-OH is 1. The fourth-order valence-electron chi connectivity index (χ4n) is 2.17. The smallest absolute Gasteiger partial charge is 0.162 e. The molecule has 2 aromatic carbocycles. The number of hydrogen-bond acceptors (Lipinski definition) is 1. The van der Waals surface area contributed by atoms with Crippen molar-refractivity contribution in [3.63, 3.8) is 0 Å². The third kappa shape index (κ3) is 3.61. The minimum Gasteiger partial charge on any atom is -0.396 e. The summed E-state index contributed by atoms with van der Waals surface area (Å²) >= 11 is 0. The molecule has 0 amide bonds. The zero-order chi connectivity index (χ0) is 13.7. The lowest BCUT2D eigenvalue weighted by Crippen LogP contribution is -2.14. The summed E-state index contributed by atoms with van der Waals surface area (Å²) in [6, 6.07) is 13.8. The minimum absolute atomic E-state index is 0.0507. The van der Waals surface area contributed by atoms with Crippen LogP contribution >= 0.6 is 0 Å². The highest BCUT2D eigenvalue weighted by Crippen LogP contribution is 2.18. The van der Waals surface area contributed by atoms with E-state index >= 15 is 0 Å². The van der Waals surface area contributed by atoms with Gasteiger partial charge in [-0.05, 0) is 36.0 Å². The van der Waals surface area contributed by atoms with E-state index < -0.39 is 11.6 Å². The molecular formula is C16H16F2O. The molecule has 19 heavy (non-hydrogen) atoms. The van der Waals surface area contributed by atoms with Crippen LogP contribution in [0.3, 0.4) is 0 Å². The van der Waals surface area contributed by atoms with Gasteiger partial charge in [-0.1, -0.05) is 42.5 Å². The molecule has 0 aliphatic carbocycles. The molecule has 0 radical (unpaired) electrons. The quantitative estimate of drug-likeness (QED) is 0.876. The van der Waals surface area contributed by atoms with E-state index in [2.05, 4.69) is 0 Å². The Bertz CT molecular complexity index is 526. The van der Waals surface area contributed by atoms with Crippen LogP contribution in [0.2, 0.25) is 0 Å². The molecule has 1 N–H and O–H groups in total. The van der Waals surface area contributed by atoms with Crippen LogP contribution in [0.5, 0.6) is 0 Å². The van der Waals surface area contributed by atoms with Crippen LogP contribution in [0.1, 0.15) is 11.1 Å². The zero-order valence-corrected chi connectivity index (χ0v) is 10.5. The van der Waals surface area contributed by atoms with Gasteiger partial charge in [0.05, 0.1) is 0 Å². The number of rotatable bonds is 5. The zero-order valence-electron chi connectivity index (χ0n) is 10.5. The predicted molar refractivity (Wildman–Crippen MR) is 70.8 cm³/mol. The number of aliphatic hydroxyl groups is 1. The highest BCUT2D eigenvalue weighted by Gasteiger charge is 2.14. The Morgan fingerprint density at radius 2 is 1.63 bits per heavy atom. The van der Waals surface area contributed by atoms with Gasteiger partial charge in [0.2, 0.25) is 0 Å². The van der Waals surface area contributed by atoms with Crippen molar-refractivity contribution in [2.45, 2.75) is 12.8 Å². The summed E-state index contributed by atoms with van der Waals surface area (Å²) in [7, 11) is 0. The third-order valence-corrected chi connectivity index (χ3v) is 3.17. The van der Waals surface area contributed by atoms with E-state index in [1.165, 1.54) is 6.07 Å². The molecule has 0 aromatic heterocycles. The van der Waals surface area contributed by atoms with E-state index in [9.17, 15) is 13.9 Å². The molecule has 0 bridgehead atoms. The molecule has 0 saturated heterocycles. The van der Waals surface area contributed by atoms with Gasteiger partial charge in [-0.3, -0.25) is 0 Å². The Morgan fingerprint density at radius 3 is 2.32 bits per heavy atom. The Labute approximate surface area is 111 Å². The van der Waals surface area contributed by atoms with Crippen LogP contribution in [0.25, 0.3) is 0 Å². The maximum absolute atomic E-state index is 13.6. The lowest BCUT2D eigenvalue weighted by molar-refractivity contribution is 0.223. The second-order valence-corrected chi connectivity index (χ2v) is 4.66. The van der Waals surface area contributed by atoms with Gasteiger partial charge < -0.3 is 5.11 Å². The van der Waals surface area contributed by atoms with Gasteiger partial charge in [0, 0.05) is 6.61 Å². The molecule has 2 aromatic rings. The molecule has 0 aliphatic rings. The van der Waals surface area contributed by atoms with Crippen molar-refractivity contribution in [3.05, 3.63) is 71.3 Å². The van der Waals surface area contributed by atoms with Crippen molar-refractivity contribution in [2.24, 2.45) is 5.92 Å². The lowest BCUT2D eigenvalue weighted by Gasteiger charge is -2.15. The van der Waals surface area contributed by atoms with Crippen molar-refractivity contribution in [3.8, 4) is 0 Å². The summed E-state index contributed by atoms with van der Waals surface area (Å²) in [5.41, 5.74) is 1.40. The first-order chi connectivity index (χ1) is 9.20. The van der Waals surface area contributed by atoms with Crippen LogP contribution in [0.4, 0.5) is 8.78 Å². The molecule has 0 fully saturated rings. The first-order valence-electron chi connectivity index (χ1n) is 6.28. The van der Waals surface area contributed by atoms with Crippen LogP contribution in [0, 0.1) is 17.6 Å². The highest BCUT2D eigenvalue weighted by atomic mass is 19.2. The van der Waals surface area contributed by atoms with Gasteiger partial charge in [0.1, 0.15) is 0 Å². The van der Waals surface area contributed by atoms with Crippen LogP contribution in [-0.4, -0.2) is 11.7 Å². The summed E-state index contributed by atoms with van der Waals surface area (Å²) in [5, 5.41) is 9.39. The Hall–Kier alpha value is -1.74. The average molecular weight is 262 g/mol. The van der Waals surface area contributed by atoms with Gasteiger partial charge in [-0.2, -0.15) is 0 Å². The first-order valence-corrected chi connectivity index (χ1v) is 6.28. The maximum Gasteiger partial charge on any atom is 0.162 e. The first kappa shape index (κ1) is 13.7. The van der Waals surface area contributed by atoms with Crippen LogP contribution in [0.15, 0.2) is 48.5 Å². The summed E-state index contributed by atoms with van der Waals surface area (Å²) in [6.45, 7) is -0.0507. The van der Waals surface area contributed by atoms with Crippen LogP contribution in [-0.2, 0) is 12.8 Å². The SMILES string of the molecule is OCC(Cc1ccccc1)Cc1cccc(F)c1F. The monoisotopic (exact) mass is 262 g/mol. The number of hydrogen-bond donors (Lipinski definition) is 1. The Kier molecular flexibility index (Phi) is 4.63. The number of benzene rings is 2. The molecular weight excluding hydrogens is 246 g/mol. The Balaban J connectivity index is 2.09. The maximum atomic E-state index is 13.6. The van der Waals surface area contributed by atoms with E-state index in [4.69, 9.17) is 0 Å². The van der Waals surface area contributed by atoms with Crippen molar-refractivity contribution in [1.29, 1.82) is 0 Å². The fourth-order valence-corrected chi connectivity index (χ4v) is 2.17. The molecule has 0 heterocycles. The summed E-state index contributed by atoms with van der Waals surface area (Å²) < 4.78 is 26.7. The molecule has 0 aliphatic heterocycles. The van der Waals surface area contributed by atoms with Gasteiger partial charge in [-0.15, -0.1) is 0 Å². The molecule has 0 spiro atoms. The lowest BCUT2D eigenvalue weighted by atomic mass is 9.93. The second-order valence-electron chi connectivity index (χ2n) is 4.66. The van der Waals surface area contributed by atoms with Gasteiger partial charge >= 0.3 is 0 Å². The Morgan fingerprint density at radius 1 is 0.895 bits per heavy atom. The van der Waals surface area contributed by atoms with E-state index in [0.29, 0.717) is 18.4 Å². The normalized spacial score (nSPS) is 12.4. The standard InChI is InChI=1S/C16H16F2O/c17-15-8-4-7-14(16(15)18)10-13(11-19)9-12-5-2-1-3-6-12/h1-8,13,19H,9-11H2. The molecule has 2 rings (SSSR count). The van der Waals surface area contributed by atoms with Gasteiger partial charge in [0.25, 0.3) is 0 Å². The molecule has 1 nitrogen and oxygen atoms in total. The number of halogens is 2. The molecule has 3 heteroatoms. The summed E-state index contributed by atoms with van der Waals surface area (Å²) in [5.74, 6) is -1.76. The van der Waals surface area contributed by atoms with E-state index in [1.54, 1.807) is 6.07 Å². The topological polar surface area (TPSA) is 20.2 Å². The van der Waals surface area contributed by atoms with Crippen molar-refractivity contribution >= 4 is 0 Å². The van der Waals surface area contributed by atoms with Gasteiger partial charge in [0.15, 0.2) is 11.6 Å². The van der Waals surface area contributed by atoms with E-state index in [1.807, 2.05) is 30.3 Å². The molecule has 1 atom stereocenters. The summed E-state index contributed by atoms with van der Waals surface area (Å²) in [4.78, 5) is 0. The third-order valence-electron chi connectivity index (χ3n) is 3.17. The predicted octanol–water partition coefficient (Wildman–Crippen LogP) is 3.36. The van der Waals surface area contributed by atoms with E-state index in [0.717, 1.165) is 11.6 Å². The fraction of sp³-hybridized carbons (Fsp3) is 0.250. The molecule has 1 unspecified atom stereocenters.